The highest BCUT2D eigenvalue weighted by Crippen LogP contribution is 2.24. The summed E-state index contributed by atoms with van der Waals surface area (Å²) >= 11 is 0. The van der Waals surface area contributed by atoms with Crippen molar-refractivity contribution in [2.45, 2.75) is 6.92 Å². The SMILES string of the molecule is Cc1ccc2cc(-c3cc(C(=O)O)on3)[nH]c2c1. The van der Waals surface area contributed by atoms with E-state index in [1.807, 2.05) is 31.2 Å². The maximum absolute atomic E-state index is 10.7. The third-order valence-electron chi connectivity index (χ3n) is 2.77. The van der Waals surface area contributed by atoms with Gasteiger partial charge in [0.2, 0.25) is 5.76 Å². The molecule has 0 atom stereocenters. The molecule has 0 unspecified atom stereocenters. The smallest absolute Gasteiger partial charge is 0.374 e. The number of carboxylic acid groups (broad SMARTS) is 1. The number of aryl methyl sites for hydroxylation is 1. The van der Waals surface area contributed by atoms with Crippen LogP contribution < -0.4 is 0 Å². The Morgan fingerprint density at radius 1 is 1.33 bits per heavy atom. The van der Waals surface area contributed by atoms with E-state index in [1.165, 1.54) is 6.07 Å². The number of carboxylic acids is 1. The monoisotopic (exact) mass is 242 g/mol. The Balaban J connectivity index is 2.10. The van der Waals surface area contributed by atoms with E-state index in [0.29, 0.717) is 5.69 Å². The van der Waals surface area contributed by atoms with Crippen LogP contribution in [0.3, 0.4) is 0 Å². The molecule has 2 N–H and O–H groups in total. The van der Waals surface area contributed by atoms with Crippen LogP contribution in [0.2, 0.25) is 0 Å². The molecule has 3 aromatic rings. The van der Waals surface area contributed by atoms with Crippen LogP contribution in [0.5, 0.6) is 0 Å². The van der Waals surface area contributed by atoms with Crippen molar-refractivity contribution in [3.63, 3.8) is 0 Å². The zero-order chi connectivity index (χ0) is 12.7. The standard InChI is InChI=1S/C13H10N2O3/c1-7-2-3-8-5-10(14-9(8)4-7)11-6-12(13(16)17)18-15-11/h2-6,14H,1H3,(H,16,17). The van der Waals surface area contributed by atoms with E-state index < -0.39 is 5.97 Å². The predicted molar refractivity (Wildman–Crippen MR) is 65.5 cm³/mol. The number of fused-ring (bicyclic) bond motifs is 1. The van der Waals surface area contributed by atoms with E-state index in [0.717, 1.165) is 22.2 Å². The molecule has 3 rings (SSSR count). The first-order valence-electron chi connectivity index (χ1n) is 5.43. The lowest BCUT2D eigenvalue weighted by atomic mass is 10.2. The van der Waals surface area contributed by atoms with Crippen LogP contribution in [-0.2, 0) is 0 Å². The highest BCUT2D eigenvalue weighted by atomic mass is 16.5. The Kier molecular flexibility index (Phi) is 2.19. The van der Waals surface area contributed by atoms with Gasteiger partial charge in [-0.05, 0) is 24.6 Å². The molecular formula is C13H10N2O3. The highest BCUT2D eigenvalue weighted by Gasteiger charge is 2.13. The zero-order valence-corrected chi connectivity index (χ0v) is 9.60. The molecule has 0 fully saturated rings. The Hall–Kier alpha value is -2.56. The Morgan fingerprint density at radius 2 is 2.17 bits per heavy atom. The van der Waals surface area contributed by atoms with Crippen molar-refractivity contribution >= 4 is 16.9 Å². The lowest BCUT2D eigenvalue weighted by molar-refractivity contribution is 0.0652. The van der Waals surface area contributed by atoms with Crippen molar-refractivity contribution in [1.82, 2.24) is 10.1 Å². The van der Waals surface area contributed by atoms with Gasteiger partial charge in [0.15, 0.2) is 0 Å². The van der Waals surface area contributed by atoms with Crippen LogP contribution in [0.4, 0.5) is 0 Å². The highest BCUT2D eigenvalue weighted by molar-refractivity contribution is 5.88. The number of aromatic nitrogens is 2. The van der Waals surface area contributed by atoms with Gasteiger partial charge in [-0.2, -0.15) is 0 Å². The van der Waals surface area contributed by atoms with Gasteiger partial charge in [-0.3, -0.25) is 0 Å². The average Bonchev–Trinajstić information content (AvgIpc) is 2.93. The minimum atomic E-state index is -1.12. The molecule has 0 saturated heterocycles. The normalized spacial score (nSPS) is 10.9. The second kappa shape index (κ2) is 3.73. The predicted octanol–water partition coefficient (Wildman–Crippen LogP) is 2.83. The number of H-pyrrole nitrogens is 1. The van der Waals surface area contributed by atoms with Crippen molar-refractivity contribution in [3.05, 3.63) is 41.7 Å². The summed E-state index contributed by atoms with van der Waals surface area (Å²) in [7, 11) is 0. The first kappa shape index (κ1) is 10.6. The van der Waals surface area contributed by atoms with Crippen LogP contribution in [-0.4, -0.2) is 21.2 Å². The van der Waals surface area contributed by atoms with Crippen LogP contribution in [0, 0.1) is 6.92 Å². The van der Waals surface area contributed by atoms with Crippen molar-refractivity contribution < 1.29 is 14.4 Å². The van der Waals surface area contributed by atoms with Crippen LogP contribution in [0.15, 0.2) is 34.9 Å². The minimum absolute atomic E-state index is 0.167. The van der Waals surface area contributed by atoms with Crippen molar-refractivity contribution in [2.24, 2.45) is 0 Å². The van der Waals surface area contributed by atoms with Crippen molar-refractivity contribution in [2.75, 3.05) is 0 Å². The molecule has 5 nitrogen and oxygen atoms in total. The third-order valence-corrected chi connectivity index (χ3v) is 2.77. The summed E-state index contributed by atoms with van der Waals surface area (Å²) in [5.74, 6) is -1.29. The fraction of sp³-hybridized carbons (Fsp3) is 0.0769. The molecule has 90 valence electrons. The van der Waals surface area contributed by atoms with Gasteiger partial charge in [-0.25, -0.2) is 4.79 Å². The van der Waals surface area contributed by atoms with Gasteiger partial charge in [0.25, 0.3) is 0 Å². The average molecular weight is 242 g/mol. The fourth-order valence-corrected chi connectivity index (χ4v) is 1.88. The van der Waals surface area contributed by atoms with Gasteiger partial charge in [-0.1, -0.05) is 17.3 Å². The maximum Gasteiger partial charge on any atom is 0.374 e. The number of aromatic amines is 1. The van der Waals surface area contributed by atoms with Crippen molar-refractivity contribution in [1.29, 1.82) is 0 Å². The summed E-state index contributed by atoms with van der Waals surface area (Å²) in [6, 6.07) is 9.36. The lowest BCUT2D eigenvalue weighted by Crippen LogP contribution is -1.91. The van der Waals surface area contributed by atoms with Crippen LogP contribution >= 0.6 is 0 Å². The summed E-state index contributed by atoms with van der Waals surface area (Å²) in [5.41, 5.74) is 3.38. The molecular weight excluding hydrogens is 232 g/mol. The van der Waals surface area contributed by atoms with E-state index in [4.69, 9.17) is 9.63 Å². The van der Waals surface area contributed by atoms with Crippen LogP contribution in [0.1, 0.15) is 16.1 Å². The molecule has 0 aliphatic rings. The number of hydrogen-bond donors (Lipinski definition) is 2. The van der Waals surface area contributed by atoms with Gasteiger partial charge < -0.3 is 14.6 Å². The zero-order valence-electron chi connectivity index (χ0n) is 9.60. The number of nitrogens with zero attached hydrogens (tertiary/aromatic N) is 1. The fourth-order valence-electron chi connectivity index (χ4n) is 1.88. The first-order valence-corrected chi connectivity index (χ1v) is 5.43. The Labute approximate surface area is 102 Å². The van der Waals surface area contributed by atoms with Crippen LogP contribution in [0.25, 0.3) is 22.3 Å². The molecule has 5 heteroatoms. The lowest BCUT2D eigenvalue weighted by Gasteiger charge is -1.91. The summed E-state index contributed by atoms with van der Waals surface area (Å²) in [6.45, 7) is 2.01. The van der Waals surface area contributed by atoms with E-state index in [2.05, 4.69) is 10.1 Å². The molecule has 2 heterocycles. The van der Waals surface area contributed by atoms with E-state index >= 15 is 0 Å². The molecule has 0 saturated carbocycles. The van der Waals surface area contributed by atoms with E-state index in [1.54, 1.807) is 0 Å². The summed E-state index contributed by atoms with van der Waals surface area (Å²) < 4.78 is 4.73. The molecule has 0 spiro atoms. The quantitative estimate of drug-likeness (QED) is 0.724. The summed E-state index contributed by atoms with van der Waals surface area (Å²) in [5, 5.41) is 13.6. The number of rotatable bonds is 2. The van der Waals surface area contributed by atoms with Gasteiger partial charge in [0, 0.05) is 17.0 Å². The van der Waals surface area contributed by atoms with Gasteiger partial charge in [0.1, 0.15) is 5.69 Å². The number of nitrogens with one attached hydrogen (secondary N) is 1. The number of carbonyl (C=O) groups is 1. The minimum Gasteiger partial charge on any atom is -0.475 e. The molecule has 2 aromatic heterocycles. The Morgan fingerprint density at radius 3 is 2.89 bits per heavy atom. The van der Waals surface area contributed by atoms with Gasteiger partial charge in [0.05, 0.1) is 5.69 Å². The third kappa shape index (κ3) is 1.66. The van der Waals surface area contributed by atoms with Gasteiger partial charge in [-0.15, -0.1) is 0 Å². The molecule has 1 aromatic carbocycles. The largest absolute Gasteiger partial charge is 0.475 e. The van der Waals surface area contributed by atoms with E-state index in [9.17, 15) is 4.79 Å². The van der Waals surface area contributed by atoms with E-state index in [-0.39, 0.29) is 5.76 Å². The number of benzene rings is 1. The molecule has 0 aliphatic heterocycles. The number of hydrogen-bond acceptors (Lipinski definition) is 3. The molecule has 0 radical (unpaired) electrons. The molecule has 18 heavy (non-hydrogen) atoms. The van der Waals surface area contributed by atoms with Crippen molar-refractivity contribution in [3.8, 4) is 11.4 Å². The molecule has 0 aliphatic carbocycles. The summed E-state index contributed by atoms with van der Waals surface area (Å²) in [4.78, 5) is 13.9. The second-order valence-electron chi connectivity index (χ2n) is 4.16. The molecule has 0 bridgehead atoms. The topological polar surface area (TPSA) is 79.1 Å². The Bertz CT molecular complexity index is 740. The second-order valence-corrected chi connectivity index (χ2v) is 4.16. The first-order chi connectivity index (χ1) is 8.63. The number of aromatic carboxylic acids is 1. The summed E-state index contributed by atoms with van der Waals surface area (Å²) in [6.07, 6.45) is 0. The molecule has 0 amide bonds. The van der Waals surface area contributed by atoms with Gasteiger partial charge >= 0.3 is 5.97 Å². The maximum atomic E-state index is 10.7.